The highest BCUT2D eigenvalue weighted by atomic mass is 15.4. The van der Waals surface area contributed by atoms with Gasteiger partial charge in [0.15, 0.2) is 11.5 Å². The van der Waals surface area contributed by atoms with Crippen molar-refractivity contribution in [1.82, 2.24) is 19.8 Å². The van der Waals surface area contributed by atoms with Crippen LogP contribution in [0, 0.1) is 0 Å². The van der Waals surface area contributed by atoms with Crippen LogP contribution < -0.4 is 0 Å². The summed E-state index contributed by atoms with van der Waals surface area (Å²) in [6.07, 6.45) is 0. The van der Waals surface area contributed by atoms with Crippen LogP contribution in [-0.2, 0) is 0 Å². The molecule has 0 amide bonds. The van der Waals surface area contributed by atoms with Crippen molar-refractivity contribution in [1.29, 1.82) is 0 Å². The van der Waals surface area contributed by atoms with Gasteiger partial charge in [0.25, 0.3) is 0 Å². The molecule has 0 atom stereocenters. The lowest BCUT2D eigenvalue weighted by Crippen LogP contribution is -2.08. The van der Waals surface area contributed by atoms with Crippen LogP contribution in [0.5, 0.6) is 0 Å². The van der Waals surface area contributed by atoms with Gasteiger partial charge in [0, 0.05) is 17.2 Å². The highest BCUT2D eigenvalue weighted by Gasteiger charge is 2.17. The zero-order valence-electron chi connectivity index (χ0n) is 12.1. The van der Waals surface area contributed by atoms with Crippen LogP contribution in [0.1, 0.15) is 76.4 Å². The first-order valence-electron chi connectivity index (χ1n) is 6.68. The molecule has 0 fully saturated rings. The van der Waals surface area contributed by atoms with Gasteiger partial charge in [0.2, 0.25) is 0 Å². The first kappa shape index (κ1) is 13.0. The molecule has 0 aliphatic rings. The molecule has 0 unspecified atom stereocenters. The maximum absolute atomic E-state index is 4.69. The summed E-state index contributed by atoms with van der Waals surface area (Å²) in [5, 5.41) is 8.55. The predicted octanol–water partition coefficient (Wildman–Crippen LogP) is 3.49. The van der Waals surface area contributed by atoms with Gasteiger partial charge in [-0.25, -0.2) is 9.50 Å². The van der Waals surface area contributed by atoms with Crippen molar-refractivity contribution in [3.63, 3.8) is 0 Å². The van der Waals surface area contributed by atoms with Crippen LogP contribution in [-0.4, -0.2) is 19.8 Å². The molecular formula is C14H22N4. The van der Waals surface area contributed by atoms with E-state index in [4.69, 9.17) is 0 Å². The first-order valence-corrected chi connectivity index (χ1v) is 6.68. The molecule has 0 radical (unpaired) electrons. The topological polar surface area (TPSA) is 43.1 Å². The fourth-order valence-electron chi connectivity index (χ4n) is 2.04. The van der Waals surface area contributed by atoms with E-state index in [2.05, 4.69) is 62.9 Å². The van der Waals surface area contributed by atoms with E-state index in [0.717, 1.165) is 11.5 Å². The molecule has 98 valence electrons. The molecule has 0 N–H and O–H groups in total. The fraction of sp³-hybridized carbons (Fsp3) is 0.643. The molecule has 4 heteroatoms. The average Bonchev–Trinajstić information content (AvgIpc) is 2.67. The second-order valence-electron chi connectivity index (χ2n) is 5.78. The Balaban J connectivity index is 2.71. The average molecular weight is 246 g/mol. The van der Waals surface area contributed by atoms with E-state index in [0.29, 0.717) is 17.8 Å². The van der Waals surface area contributed by atoms with Crippen LogP contribution >= 0.6 is 0 Å². The Labute approximate surface area is 108 Å². The first-order chi connectivity index (χ1) is 8.41. The number of aromatic nitrogens is 4. The van der Waals surface area contributed by atoms with Gasteiger partial charge in [-0.3, -0.25) is 0 Å². The SMILES string of the molecule is CC(C)c1nnn2c(C(C)C)cc(C(C)C)c2n1. The number of hydrogen-bond acceptors (Lipinski definition) is 3. The molecule has 0 aliphatic heterocycles. The van der Waals surface area contributed by atoms with Gasteiger partial charge in [-0.05, 0) is 17.9 Å². The van der Waals surface area contributed by atoms with Crippen LogP contribution in [0.3, 0.4) is 0 Å². The summed E-state index contributed by atoms with van der Waals surface area (Å²) in [5.41, 5.74) is 3.41. The molecule has 2 rings (SSSR count). The molecule has 0 saturated carbocycles. The predicted molar refractivity (Wildman–Crippen MR) is 73.0 cm³/mol. The zero-order valence-corrected chi connectivity index (χ0v) is 12.1. The van der Waals surface area contributed by atoms with Gasteiger partial charge in [-0.2, -0.15) is 0 Å². The quantitative estimate of drug-likeness (QED) is 0.832. The van der Waals surface area contributed by atoms with Crippen molar-refractivity contribution in [3.8, 4) is 0 Å². The second-order valence-corrected chi connectivity index (χ2v) is 5.78. The van der Waals surface area contributed by atoms with Gasteiger partial charge in [-0.1, -0.05) is 46.8 Å². The lowest BCUT2D eigenvalue weighted by atomic mass is 10.0. The minimum absolute atomic E-state index is 0.305. The summed E-state index contributed by atoms with van der Waals surface area (Å²) in [6, 6.07) is 2.22. The lowest BCUT2D eigenvalue weighted by molar-refractivity contribution is 0.648. The Morgan fingerprint density at radius 3 is 2.11 bits per heavy atom. The third kappa shape index (κ3) is 2.11. The molecule has 2 heterocycles. The van der Waals surface area contributed by atoms with E-state index in [1.807, 2.05) is 4.52 Å². The summed E-state index contributed by atoms with van der Waals surface area (Å²) < 4.78 is 1.89. The highest BCUT2D eigenvalue weighted by molar-refractivity contribution is 5.52. The van der Waals surface area contributed by atoms with Crippen molar-refractivity contribution < 1.29 is 0 Å². The number of fused-ring (bicyclic) bond motifs is 1. The van der Waals surface area contributed by atoms with Gasteiger partial charge >= 0.3 is 0 Å². The standard InChI is InChI=1S/C14H22N4/c1-8(2)11-7-12(9(3)4)18-14(11)15-13(10(5)6)16-17-18/h7-10H,1-6H3. The molecular weight excluding hydrogens is 224 g/mol. The summed E-state index contributed by atoms with van der Waals surface area (Å²) in [4.78, 5) is 4.69. The summed E-state index contributed by atoms with van der Waals surface area (Å²) in [7, 11) is 0. The lowest BCUT2D eigenvalue weighted by Gasteiger charge is -2.06. The minimum Gasteiger partial charge on any atom is -0.211 e. The Kier molecular flexibility index (Phi) is 3.37. The van der Waals surface area contributed by atoms with Crippen molar-refractivity contribution in [2.24, 2.45) is 0 Å². The van der Waals surface area contributed by atoms with Gasteiger partial charge in [0.05, 0.1) is 0 Å². The maximum Gasteiger partial charge on any atom is 0.161 e. The van der Waals surface area contributed by atoms with Crippen LogP contribution in [0.2, 0.25) is 0 Å². The van der Waals surface area contributed by atoms with E-state index < -0.39 is 0 Å². The molecule has 2 aromatic heterocycles. The van der Waals surface area contributed by atoms with Gasteiger partial charge in [-0.15, -0.1) is 5.10 Å². The molecule has 2 aromatic rings. The van der Waals surface area contributed by atoms with E-state index in [1.54, 1.807) is 0 Å². The molecule has 0 saturated heterocycles. The molecule has 0 bridgehead atoms. The highest BCUT2D eigenvalue weighted by Crippen LogP contribution is 2.26. The van der Waals surface area contributed by atoms with Gasteiger partial charge in [0.1, 0.15) is 0 Å². The summed E-state index contributed by atoms with van der Waals surface area (Å²) in [6.45, 7) is 12.9. The molecule has 0 aliphatic carbocycles. The van der Waals surface area contributed by atoms with Crippen molar-refractivity contribution in [2.45, 2.75) is 59.3 Å². The van der Waals surface area contributed by atoms with E-state index in [9.17, 15) is 0 Å². The Bertz CT molecular complexity index is 552. The van der Waals surface area contributed by atoms with Crippen molar-refractivity contribution in [2.75, 3.05) is 0 Å². The number of hydrogen-bond donors (Lipinski definition) is 0. The van der Waals surface area contributed by atoms with Gasteiger partial charge < -0.3 is 0 Å². The largest absolute Gasteiger partial charge is 0.211 e. The Hall–Kier alpha value is -1.45. The monoisotopic (exact) mass is 246 g/mol. The molecule has 0 aromatic carbocycles. The van der Waals surface area contributed by atoms with Crippen LogP contribution in [0.4, 0.5) is 0 Å². The molecule has 0 spiro atoms. The summed E-state index contributed by atoms with van der Waals surface area (Å²) >= 11 is 0. The van der Waals surface area contributed by atoms with E-state index in [-0.39, 0.29) is 0 Å². The third-order valence-electron chi connectivity index (χ3n) is 3.19. The number of nitrogens with zero attached hydrogens (tertiary/aromatic N) is 4. The zero-order chi connectivity index (χ0) is 13.4. The summed E-state index contributed by atoms with van der Waals surface area (Å²) in [5.74, 6) is 1.99. The molecule has 4 nitrogen and oxygen atoms in total. The van der Waals surface area contributed by atoms with Crippen molar-refractivity contribution in [3.05, 3.63) is 23.1 Å². The minimum atomic E-state index is 0.305. The Morgan fingerprint density at radius 1 is 0.944 bits per heavy atom. The van der Waals surface area contributed by atoms with Crippen LogP contribution in [0.15, 0.2) is 6.07 Å². The normalized spacial score (nSPS) is 12.3. The van der Waals surface area contributed by atoms with E-state index in [1.165, 1.54) is 11.3 Å². The second kappa shape index (κ2) is 4.67. The fourth-order valence-corrected chi connectivity index (χ4v) is 2.04. The maximum atomic E-state index is 4.69. The Morgan fingerprint density at radius 2 is 1.61 bits per heavy atom. The third-order valence-corrected chi connectivity index (χ3v) is 3.19. The van der Waals surface area contributed by atoms with E-state index >= 15 is 0 Å². The molecule has 18 heavy (non-hydrogen) atoms. The van der Waals surface area contributed by atoms with Crippen molar-refractivity contribution >= 4 is 5.65 Å². The smallest absolute Gasteiger partial charge is 0.161 e. The van der Waals surface area contributed by atoms with Crippen LogP contribution in [0.25, 0.3) is 5.65 Å². The number of rotatable bonds is 3.